The molecule has 0 heterocycles. The predicted molar refractivity (Wildman–Crippen MR) is 86.8 cm³/mol. The Hall–Kier alpha value is -0.780. The van der Waals surface area contributed by atoms with Gasteiger partial charge in [-0.3, -0.25) is 4.79 Å². The lowest BCUT2D eigenvalue weighted by Crippen LogP contribution is -2.23. The molecular weight excluding hydrogens is 396 g/mol. The highest BCUT2D eigenvalue weighted by Crippen LogP contribution is 2.18. The number of benzene rings is 2. The molecule has 0 aliphatic rings. The van der Waals surface area contributed by atoms with Crippen LogP contribution in [0.3, 0.4) is 0 Å². The molecule has 1 N–H and O–H groups in total. The van der Waals surface area contributed by atoms with E-state index in [0.717, 1.165) is 9.13 Å². The molecule has 1 amide bonds. The normalized spacial score (nSPS) is 10.3. The van der Waals surface area contributed by atoms with E-state index in [1.807, 2.05) is 12.1 Å². The van der Waals surface area contributed by atoms with E-state index in [1.54, 1.807) is 30.3 Å². The monoisotopic (exact) mass is 405 g/mol. The molecule has 0 unspecified atom stereocenters. The fourth-order valence-electron chi connectivity index (χ4n) is 1.55. The van der Waals surface area contributed by atoms with E-state index in [2.05, 4.69) is 27.9 Å². The van der Waals surface area contributed by atoms with Gasteiger partial charge in [0.25, 0.3) is 5.91 Å². The summed E-state index contributed by atoms with van der Waals surface area (Å²) in [5, 5.41) is 4.17. The van der Waals surface area contributed by atoms with Crippen molar-refractivity contribution in [3.63, 3.8) is 0 Å². The third-order valence-electron chi connectivity index (χ3n) is 2.54. The Labute approximate surface area is 135 Å². The Balaban J connectivity index is 2.03. The van der Waals surface area contributed by atoms with Crippen LogP contribution in [0.2, 0.25) is 10.0 Å². The van der Waals surface area contributed by atoms with E-state index < -0.39 is 0 Å². The van der Waals surface area contributed by atoms with Crippen LogP contribution in [0.25, 0.3) is 0 Å². The van der Waals surface area contributed by atoms with Gasteiger partial charge in [-0.2, -0.15) is 0 Å². The first-order valence-corrected chi connectivity index (χ1v) is 7.37. The van der Waals surface area contributed by atoms with Gasteiger partial charge in [0.1, 0.15) is 0 Å². The molecule has 2 nitrogen and oxygen atoms in total. The largest absolute Gasteiger partial charge is 0.348 e. The van der Waals surface area contributed by atoms with E-state index in [-0.39, 0.29) is 5.91 Å². The number of carbonyl (C=O) groups excluding carboxylic acids is 1. The molecule has 2 aromatic rings. The Morgan fingerprint density at radius 2 is 1.68 bits per heavy atom. The highest BCUT2D eigenvalue weighted by molar-refractivity contribution is 14.1. The highest BCUT2D eigenvalue weighted by atomic mass is 127. The maximum absolute atomic E-state index is 12.0. The zero-order valence-corrected chi connectivity index (χ0v) is 13.5. The molecule has 0 spiro atoms. The lowest BCUT2D eigenvalue weighted by molar-refractivity contribution is 0.0950. The van der Waals surface area contributed by atoms with Crippen LogP contribution in [0.4, 0.5) is 0 Å². The molecule has 0 radical (unpaired) electrons. The first-order chi connectivity index (χ1) is 9.06. The lowest BCUT2D eigenvalue weighted by atomic mass is 10.2. The minimum absolute atomic E-state index is 0.115. The van der Waals surface area contributed by atoms with Crippen molar-refractivity contribution in [1.82, 2.24) is 5.32 Å². The summed E-state index contributed by atoms with van der Waals surface area (Å²) >= 11 is 13.8. The predicted octanol–water partition coefficient (Wildman–Crippen LogP) is 4.53. The number of hydrogen-bond donors (Lipinski definition) is 1. The van der Waals surface area contributed by atoms with Crippen LogP contribution in [0.1, 0.15) is 15.9 Å². The lowest BCUT2D eigenvalue weighted by Gasteiger charge is -2.07. The summed E-state index contributed by atoms with van der Waals surface area (Å²) in [7, 11) is 0. The Morgan fingerprint density at radius 1 is 1.05 bits per heavy atom. The number of halogens is 3. The SMILES string of the molecule is O=C(NCc1ccc(Cl)cc1)c1ccc(Cl)cc1I. The molecule has 0 fully saturated rings. The van der Waals surface area contributed by atoms with Gasteiger partial charge in [0.15, 0.2) is 0 Å². The molecule has 0 aliphatic carbocycles. The van der Waals surface area contributed by atoms with Gasteiger partial charge in [0, 0.05) is 20.2 Å². The summed E-state index contributed by atoms with van der Waals surface area (Å²) in [5.74, 6) is -0.115. The molecule has 19 heavy (non-hydrogen) atoms. The van der Waals surface area contributed by atoms with Crippen molar-refractivity contribution in [1.29, 1.82) is 0 Å². The van der Waals surface area contributed by atoms with Gasteiger partial charge in [0.05, 0.1) is 5.56 Å². The van der Waals surface area contributed by atoms with Gasteiger partial charge in [-0.05, 0) is 58.5 Å². The second-order valence-corrected chi connectivity index (χ2v) is 5.97. The van der Waals surface area contributed by atoms with E-state index in [4.69, 9.17) is 23.2 Å². The first kappa shape index (κ1) is 14.6. The maximum atomic E-state index is 12.0. The smallest absolute Gasteiger partial charge is 0.252 e. The Bertz CT molecular complexity index is 599. The van der Waals surface area contributed by atoms with Gasteiger partial charge in [-0.1, -0.05) is 35.3 Å². The number of amides is 1. The molecule has 0 atom stereocenters. The minimum Gasteiger partial charge on any atom is -0.348 e. The molecule has 2 aromatic carbocycles. The minimum atomic E-state index is -0.115. The van der Waals surface area contributed by atoms with Crippen LogP contribution in [-0.2, 0) is 6.54 Å². The molecule has 98 valence electrons. The summed E-state index contributed by atoms with van der Waals surface area (Å²) in [4.78, 5) is 12.0. The van der Waals surface area contributed by atoms with Gasteiger partial charge < -0.3 is 5.32 Å². The molecule has 0 aliphatic heterocycles. The van der Waals surface area contributed by atoms with Gasteiger partial charge in [-0.25, -0.2) is 0 Å². The topological polar surface area (TPSA) is 29.1 Å². The molecule has 0 saturated carbocycles. The number of carbonyl (C=O) groups is 1. The van der Waals surface area contributed by atoms with E-state index in [0.29, 0.717) is 22.2 Å². The fourth-order valence-corrected chi connectivity index (χ4v) is 2.80. The van der Waals surface area contributed by atoms with Crippen LogP contribution in [0, 0.1) is 3.57 Å². The molecule has 5 heteroatoms. The van der Waals surface area contributed by atoms with Crippen LogP contribution in [0.5, 0.6) is 0 Å². The van der Waals surface area contributed by atoms with Crippen molar-refractivity contribution in [2.45, 2.75) is 6.54 Å². The van der Waals surface area contributed by atoms with Crippen molar-refractivity contribution in [2.24, 2.45) is 0 Å². The first-order valence-electron chi connectivity index (χ1n) is 5.54. The summed E-state index contributed by atoms with van der Waals surface area (Å²) < 4.78 is 0.832. The quantitative estimate of drug-likeness (QED) is 0.747. The summed E-state index contributed by atoms with van der Waals surface area (Å²) in [6.07, 6.45) is 0. The van der Waals surface area contributed by atoms with Crippen molar-refractivity contribution >= 4 is 51.7 Å². The second kappa shape index (κ2) is 6.59. The zero-order valence-electron chi connectivity index (χ0n) is 9.79. The van der Waals surface area contributed by atoms with Crippen LogP contribution in [-0.4, -0.2) is 5.91 Å². The van der Waals surface area contributed by atoms with Crippen LogP contribution < -0.4 is 5.32 Å². The maximum Gasteiger partial charge on any atom is 0.252 e. The number of rotatable bonds is 3. The van der Waals surface area contributed by atoms with Crippen molar-refractivity contribution < 1.29 is 4.79 Å². The van der Waals surface area contributed by atoms with Crippen molar-refractivity contribution in [3.8, 4) is 0 Å². The van der Waals surface area contributed by atoms with Gasteiger partial charge >= 0.3 is 0 Å². The summed E-state index contributed by atoms with van der Waals surface area (Å²) in [5.41, 5.74) is 1.63. The summed E-state index contributed by atoms with van der Waals surface area (Å²) in [6, 6.07) is 12.6. The van der Waals surface area contributed by atoms with E-state index in [9.17, 15) is 4.79 Å². The van der Waals surface area contributed by atoms with Crippen LogP contribution in [0.15, 0.2) is 42.5 Å². The molecule has 0 bridgehead atoms. The average Bonchev–Trinajstić information content (AvgIpc) is 2.37. The fraction of sp³-hybridized carbons (Fsp3) is 0.0714. The summed E-state index contributed by atoms with van der Waals surface area (Å²) in [6.45, 7) is 0.467. The third kappa shape index (κ3) is 4.09. The van der Waals surface area contributed by atoms with E-state index >= 15 is 0 Å². The van der Waals surface area contributed by atoms with E-state index in [1.165, 1.54) is 0 Å². The zero-order chi connectivity index (χ0) is 13.8. The average molecular weight is 406 g/mol. The number of hydrogen-bond acceptors (Lipinski definition) is 1. The van der Waals surface area contributed by atoms with Crippen molar-refractivity contribution in [2.75, 3.05) is 0 Å². The Kier molecular flexibility index (Phi) is 5.07. The van der Waals surface area contributed by atoms with Crippen LogP contribution >= 0.6 is 45.8 Å². The number of nitrogens with one attached hydrogen (secondary N) is 1. The standard InChI is InChI=1S/C14H10Cl2INO/c15-10-3-1-9(2-4-10)8-18-14(19)12-6-5-11(16)7-13(12)17/h1-7H,8H2,(H,18,19). The second-order valence-electron chi connectivity index (χ2n) is 3.93. The molecule has 0 aromatic heterocycles. The van der Waals surface area contributed by atoms with Crippen molar-refractivity contribution in [3.05, 3.63) is 67.2 Å². The molecule has 0 saturated heterocycles. The highest BCUT2D eigenvalue weighted by Gasteiger charge is 2.09. The van der Waals surface area contributed by atoms with Gasteiger partial charge in [0.2, 0.25) is 0 Å². The Morgan fingerprint density at radius 3 is 2.32 bits per heavy atom. The third-order valence-corrected chi connectivity index (χ3v) is 3.92. The van der Waals surface area contributed by atoms with Gasteiger partial charge in [-0.15, -0.1) is 0 Å². The molecule has 2 rings (SSSR count). The molecular formula is C14H10Cl2INO.